The molecule has 4 rings (SSSR count). The van der Waals surface area contributed by atoms with Crippen molar-refractivity contribution in [1.29, 1.82) is 0 Å². The van der Waals surface area contributed by atoms with Gasteiger partial charge in [-0.25, -0.2) is 32.5 Å². The molecule has 0 saturated heterocycles. The Kier molecular flexibility index (Phi) is 8.00. The Labute approximate surface area is 217 Å². The molecule has 0 bridgehead atoms. The largest absolute Gasteiger partial charge is 0.493 e. The van der Waals surface area contributed by atoms with Gasteiger partial charge in [-0.1, -0.05) is 0 Å². The first kappa shape index (κ1) is 26.7. The number of aromatic nitrogens is 1. The van der Waals surface area contributed by atoms with Crippen LogP contribution in [0, 0.1) is 23.4 Å². The SMILES string of the molecule is COC(=O)c1scc(NC(=O)Nc2cc(OCc3c(OCC4CC4)ccc(F)c3F)ncc2F)c1C(=O)O. The second-order valence-corrected chi connectivity index (χ2v) is 8.99. The number of carboxylic acids is 1. The van der Waals surface area contributed by atoms with Crippen molar-refractivity contribution in [2.75, 3.05) is 24.4 Å². The van der Waals surface area contributed by atoms with Gasteiger partial charge in [-0.2, -0.15) is 0 Å². The van der Waals surface area contributed by atoms with Crippen molar-refractivity contribution >= 4 is 40.7 Å². The molecule has 1 aliphatic carbocycles. The molecule has 14 heteroatoms. The molecule has 10 nitrogen and oxygen atoms in total. The lowest BCUT2D eigenvalue weighted by Gasteiger charge is -2.14. The highest BCUT2D eigenvalue weighted by atomic mass is 32.1. The molecule has 2 aromatic heterocycles. The molecule has 200 valence electrons. The van der Waals surface area contributed by atoms with Crippen LogP contribution in [0.4, 0.5) is 29.3 Å². The first-order valence-corrected chi connectivity index (χ1v) is 11.9. The number of methoxy groups -OCH3 is 1. The Hall–Kier alpha value is -4.33. The number of rotatable bonds is 10. The number of carbonyl (C=O) groups excluding carboxylic acids is 2. The van der Waals surface area contributed by atoms with E-state index in [9.17, 15) is 32.7 Å². The van der Waals surface area contributed by atoms with E-state index in [1.807, 2.05) is 0 Å². The van der Waals surface area contributed by atoms with Crippen LogP contribution < -0.4 is 20.1 Å². The Morgan fingerprint density at radius 1 is 1.11 bits per heavy atom. The maximum absolute atomic E-state index is 14.4. The number of aromatic carboxylic acids is 1. The summed E-state index contributed by atoms with van der Waals surface area (Å²) in [5.74, 6) is -5.37. The number of urea groups is 1. The van der Waals surface area contributed by atoms with Gasteiger partial charge in [0.25, 0.3) is 0 Å². The quantitative estimate of drug-likeness (QED) is 0.298. The fraction of sp³-hybridized carbons (Fsp3) is 0.250. The number of carboxylic acid groups (broad SMARTS) is 1. The second-order valence-electron chi connectivity index (χ2n) is 8.11. The Morgan fingerprint density at radius 2 is 1.84 bits per heavy atom. The van der Waals surface area contributed by atoms with Gasteiger partial charge in [0.2, 0.25) is 5.88 Å². The third-order valence-corrected chi connectivity index (χ3v) is 6.35. The number of hydrogen-bond acceptors (Lipinski definition) is 8. The maximum atomic E-state index is 14.4. The maximum Gasteiger partial charge on any atom is 0.349 e. The number of nitrogens with one attached hydrogen (secondary N) is 2. The molecule has 0 unspecified atom stereocenters. The summed E-state index contributed by atoms with van der Waals surface area (Å²) >= 11 is 0.738. The number of thiophene rings is 1. The highest BCUT2D eigenvalue weighted by Gasteiger charge is 2.26. The van der Waals surface area contributed by atoms with Crippen LogP contribution in [0.5, 0.6) is 11.6 Å². The number of hydrogen-bond donors (Lipinski definition) is 3. The first-order valence-electron chi connectivity index (χ1n) is 11.1. The van der Waals surface area contributed by atoms with Crippen LogP contribution >= 0.6 is 11.3 Å². The van der Waals surface area contributed by atoms with E-state index < -0.39 is 53.3 Å². The molecule has 0 atom stereocenters. The molecule has 1 fully saturated rings. The van der Waals surface area contributed by atoms with Crippen molar-refractivity contribution in [3.63, 3.8) is 0 Å². The van der Waals surface area contributed by atoms with Crippen molar-refractivity contribution in [3.05, 3.63) is 63.2 Å². The summed E-state index contributed by atoms with van der Waals surface area (Å²) < 4.78 is 58.1. The second kappa shape index (κ2) is 11.4. The third kappa shape index (κ3) is 6.14. The van der Waals surface area contributed by atoms with Gasteiger partial charge >= 0.3 is 18.0 Å². The van der Waals surface area contributed by atoms with Crippen LogP contribution in [0.2, 0.25) is 0 Å². The lowest BCUT2D eigenvalue weighted by atomic mass is 10.2. The van der Waals surface area contributed by atoms with E-state index in [4.69, 9.17) is 9.47 Å². The minimum Gasteiger partial charge on any atom is -0.493 e. The molecule has 0 spiro atoms. The van der Waals surface area contributed by atoms with Gasteiger partial charge in [0, 0.05) is 11.4 Å². The summed E-state index contributed by atoms with van der Waals surface area (Å²) in [7, 11) is 1.07. The van der Waals surface area contributed by atoms with E-state index >= 15 is 0 Å². The van der Waals surface area contributed by atoms with Gasteiger partial charge < -0.3 is 30.0 Å². The molecule has 0 aliphatic heterocycles. The fourth-order valence-electron chi connectivity index (χ4n) is 3.26. The van der Waals surface area contributed by atoms with E-state index in [0.717, 1.165) is 49.6 Å². The van der Waals surface area contributed by atoms with Crippen LogP contribution in [0.25, 0.3) is 0 Å². The fourth-order valence-corrected chi connectivity index (χ4v) is 4.17. The minimum absolute atomic E-state index is 0.104. The van der Waals surface area contributed by atoms with Gasteiger partial charge in [0.1, 0.15) is 22.8 Å². The number of benzene rings is 1. The number of pyridine rings is 1. The van der Waals surface area contributed by atoms with E-state index in [2.05, 4.69) is 20.4 Å². The van der Waals surface area contributed by atoms with E-state index in [-0.39, 0.29) is 27.8 Å². The van der Waals surface area contributed by atoms with Gasteiger partial charge in [-0.15, -0.1) is 11.3 Å². The van der Waals surface area contributed by atoms with Crippen molar-refractivity contribution in [2.24, 2.45) is 5.92 Å². The monoisotopic (exact) mass is 551 g/mol. The van der Waals surface area contributed by atoms with E-state index in [1.54, 1.807) is 0 Å². The summed E-state index contributed by atoms with van der Waals surface area (Å²) in [5, 5.41) is 15.0. The summed E-state index contributed by atoms with van der Waals surface area (Å²) in [6.45, 7) is -0.147. The zero-order chi connectivity index (χ0) is 27.4. The highest BCUT2D eigenvalue weighted by Crippen LogP contribution is 2.32. The average molecular weight is 551 g/mol. The molecule has 0 radical (unpaired) electrons. The summed E-state index contributed by atoms with van der Waals surface area (Å²) in [6, 6.07) is 2.19. The number of amides is 2. The molecule has 3 N–H and O–H groups in total. The zero-order valence-corrected chi connectivity index (χ0v) is 20.5. The van der Waals surface area contributed by atoms with Gasteiger partial charge in [-0.3, -0.25) is 0 Å². The number of ether oxygens (including phenoxy) is 3. The molecule has 1 aromatic carbocycles. The molecule has 3 aromatic rings. The highest BCUT2D eigenvalue weighted by molar-refractivity contribution is 7.13. The van der Waals surface area contributed by atoms with Crippen molar-refractivity contribution in [1.82, 2.24) is 4.98 Å². The lowest BCUT2D eigenvalue weighted by Crippen LogP contribution is -2.21. The Balaban J connectivity index is 1.46. The number of halogens is 3. The van der Waals surface area contributed by atoms with Crippen molar-refractivity contribution in [2.45, 2.75) is 19.4 Å². The Morgan fingerprint density at radius 3 is 2.53 bits per heavy atom. The molecular formula is C24H20F3N3O7S. The molecule has 1 aliphatic rings. The normalized spacial score (nSPS) is 12.5. The number of esters is 1. The number of anilines is 2. The van der Waals surface area contributed by atoms with E-state index in [1.165, 1.54) is 11.4 Å². The zero-order valence-electron chi connectivity index (χ0n) is 19.7. The van der Waals surface area contributed by atoms with Gasteiger partial charge in [-0.05, 0) is 30.9 Å². The average Bonchev–Trinajstić information content (AvgIpc) is 3.62. The molecule has 1 saturated carbocycles. The molecule has 38 heavy (non-hydrogen) atoms. The topological polar surface area (TPSA) is 136 Å². The van der Waals surface area contributed by atoms with Crippen LogP contribution in [-0.4, -0.2) is 41.8 Å². The first-order chi connectivity index (χ1) is 18.2. The summed E-state index contributed by atoms with van der Waals surface area (Å²) in [4.78, 5) is 39.3. The van der Waals surface area contributed by atoms with Crippen molar-refractivity contribution < 1.29 is 46.9 Å². The van der Waals surface area contributed by atoms with Crippen LogP contribution in [0.15, 0.2) is 29.8 Å². The molecule has 2 amide bonds. The van der Waals surface area contributed by atoms with Crippen LogP contribution in [-0.2, 0) is 11.3 Å². The summed E-state index contributed by atoms with van der Waals surface area (Å²) in [6.07, 6.45) is 2.73. The molecule has 2 heterocycles. The van der Waals surface area contributed by atoms with Crippen molar-refractivity contribution in [3.8, 4) is 11.6 Å². The van der Waals surface area contributed by atoms with Crippen LogP contribution in [0.3, 0.4) is 0 Å². The number of carbonyl (C=O) groups is 3. The molecular weight excluding hydrogens is 531 g/mol. The van der Waals surface area contributed by atoms with Gasteiger partial charge in [0.15, 0.2) is 17.5 Å². The Bertz CT molecular complexity index is 1390. The smallest absolute Gasteiger partial charge is 0.349 e. The van der Waals surface area contributed by atoms with Gasteiger partial charge in [0.05, 0.1) is 36.9 Å². The third-order valence-electron chi connectivity index (χ3n) is 5.39. The summed E-state index contributed by atoms with van der Waals surface area (Å²) in [5.41, 5.74) is -1.30. The van der Waals surface area contributed by atoms with Crippen LogP contribution in [0.1, 0.15) is 38.4 Å². The predicted octanol–water partition coefficient (Wildman–Crippen LogP) is 5.06. The van der Waals surface area contributed by atoms with E-state index in [0.29, 0.717) is 12.5 Å². The standard InChI is InChI=1S/C24H20F3N3O7S/c1-35-23(33)21-19(22(31)32)16(10-38-21)30-24(34)29-15-6-18(28-7-14(15)26)37-9-12-17(36-8-11-2-3-11)5-4-13(25)20(12)27/h4-7,10-11H,2-3,8-9H2,1H3,(H,31,32)(H2,28,29,30,34). The lowest BCUT2D eigenvalue weighted by molar-refractivity contribution is 0.0589. The number of nitrogens with zero attached hydrogens (tertiary/aromatic N) is 1. The minimum atomic E-state index is -1.49. The predicted molar refractivity (Wildman–Crippen MR) is 128 cm³/mol.